The molecular weight excluding hydrogens is 450 g/mol. The summed E-state index contributed by atoms with van der Waals surface area (Å²) in [6.45, 7) is 2.14. The lowest BCUT2D eigenvalue weighted by Crippen LogP contribution is -2.54. The second-order valence-corrected chi connectivity index (χ2v) is 8.38. The number of anilines is 2. The molecule has 0 bridgehead atoms. The van der Waals surface area contributed by atoms with Gasteiger partial charge >= 0.3 is 0 Å². The molecule has 2 saturated heterocycles. The van der Waals surface area contributed by atoms with Gasteiger partial charge in [-0.1, -0.05) is 34.1 Å². The summed E-state index contributed by atoms with van der Waals surface area (Å²) in [6, 6.07) is 15.2. The molecule has 2 heterocycles. The van der Waals surface area contributed by atoms with Crippen molar-refractivity contribution in [3.8, 4) is 0 Å². The Hall–Kier alpha value is -2.51. The molecule has 2 aliphatic rings. The maximum atomic E-state index is 13.1. The van der Waals surface area contributed by atoms with Gasteiger partial charge in [-0.3, -0.25) is 19.8 Å². The van der Waals surface area contributed by atoms with Crippen LogP contribution in [0.4, 0.5) is 11.4 Å². The van der Waals surface area contributed by atoms with Gasteiger partial charge in [-0.25, -0.2) is 0 Å². The summed E-state index contributed by atoms with van der Waals surface area (Å²) < 4.78 is 0.821. The van der Waals surface area contributed by atoms with Crippen LogP contribution in [0.2, 0.25) is 0 Å². The molecule has 4 rings (SSSR count). The van der Waals surface area contributed by atoms with Crippen molar-refractivity contribution in [3.63, 3.8) is 0 Å². The van der Waals surface area contributed by atoms with Crippen LogP contribution < -0.4 is 15.1 Å². The number of amides is 2. The summed E-state index contributed by atoms with van der Waals surface area (Å²) >= 11 is 8.64. The Bertz CT molecular complexity index is 997. The summed E-state index contributed by atoms with van der Waals surface area (Å²) in [6.07, 6.45) is 5.33. The van der Waals surface area contributed by atoms with Gasteiger partial charge in [0, 0.05) is 23.2 Å². The van der Waals surface area contributed by atoms with Crippen molar-refractivity contribution < 1.29 is 9.59 Å². The van der Waals surface area contributed by atoms with Crippen LogP contribution >= 0.6 is 28.1 Å². The predicted molar refractivity (Wildman–Crippen MR) is 123 cm³/mol. The fourth-order valence-corrected chi connectivity index (χ4v) is 4.28. The van der Waals surface area contributed by atoms with E-state index in [-0.39, 0.29) is 10.7 Å². The molecule has 0 unspecified atom stereocenters. The van der Waals surface area contributed by atoms with Crippen molar-refractivity contribution in [2.24, 2.45) is 0 Å². The third-order valence-electron chi connectivity index (χ3n) is 5.09. The molecule has 0 spiro atoms. The number of hydrogen-bond donors (Lipinski definition) is 1. The number of benzene rings is 2. The maximum Gasteiger partial charge on any atom is 0.270 e. The Kier molecular flexibility index (Phi) is 5.78. The van der Waals surface area contributed by atoms with E-state index in [0.717, 1.165) is 23.1 Å². The van der Waals surface area contributed by atoms with Gasteiger partial charge in [-0.15, -0.1) is 0 Å². The number of hydrogen-bond acceptors (Lipinski definition) is 4. The fraction of sp³-hybridized carbons (Fsp3) is 0.227. The fourth-order valence-electron chi connectivity index (χ4n) is 3.61. The lowest BCUT2D eigenvalue weighted by Gasteiger charge is -2.29. The maximum absolute atomic E-state index is 13.1. The van der Waals surface area contributed by atoms with Crippen LogP contribution in [0.25, 0.3) is 6.08 Å². The Labute approximate surface area is 183 Å². The van der Waals surface area contributed by atoms with Gasteiger partial charge in [-0.2, -0.15) is 0 Å². The lowest BCUT2D eigenvalue weighted by atomic mass is 10.1. The number of nitrogens with one attached hydrogen (secondary N) is 1. The van der Waals surface area contributed by atoms with E-state index in [1.54, 1.807) is 18.2 Å². The molecule has 2 aromatic rings. The van der Waals surface area contributed by atoms with E-state index in [0.29, 0.717) is 5.69 Å². The van der Waals surface area contributed by atoms with Gasteiger partial charge in [0.05, 0.1) is 5.69 Å². The molecule has 7 heteroatoms. The number of piperidine rings is 1. The second kappa shape index (κ2) is 8.47. The van der Waals surface area contributed by atoms with E-state index >= 15 is 0 Å². The van der Waals surface area contributed by atoms with Gasteiger partial charge in [-0.05, 0) is 73.5 Å². The molecule has 1 N–H and O–H groups in total. The monoisotopic (exact) mass is 469 g/mol. The highest BCUT2D eigenvalue weighted by Crippen LogP contribution is 2.26. The number of nitrogens with zero attached hydrogens (tertiary/aromatic N) is 2. The highest BCUT2D eigenvalue weighted by Gasteiger charge is 2.34. The number of carbonyl (C=O) groups excluding carboxylic acids is 2. The normalized spacial score (nSPS) is 18.9. The molecule has 148 valence electrons. The zero-order valence-electron chi connectivity index (χ0n) is 15.7. The van der Waals surface area contributed by atoms with Crippen molar-refractivity contribution >= 4 is 62.5 Å². The van der Waals surface area contributed by atoms with E-state index < -0.39 is 11.8 Å². The number of carbonyl (C=O) groups is 2. The van der Waals surface area contributed by atoms with Crippen molar-refractivity contribution in [2.45, 2.75) is 19.3 Å². The van der Waals surface area contributed by atoms with Crippen molar-refractivity contribution in [1.29, 1.82) is 0 Å². The zero-order chi connectivity index (χ0) is 20.4. The van der Waals surface area contributed by atoms with E-state index in [1.165, 1.54) is 29.8 Å². The molecule has 2 aromatic carbocycles. The molecule has 0 aromatic heterocycles. The molecule has 2 amide bonds. The number of thiocarbonyl (C=S) groups is 1. The van der Waals surface area contributed by atoms with Gasteiger partial charge in [0.2, 0.25) is 0 Å². The predicted octanol–water partition coefficient (Wildman–Crippen LogP) is 4.27. The third kappa shape index (κ3) is 4.26. The molecule has 2 fully saturated rings. The first-order chi connectivity index (χ1) is 14.0. The average Bonchev–Trinajstić information content (AvgIpc) is 2.72. The Morgan fingerprint density at radius 2 is 1.69 bits per heavy atom. The van der Waals surface area contributed by atoms with Crippen LogP contribution in [0.3, 0.4) is 0 Å². The van der Waals surface area contributed by atoms with Crippen molar-refractivity contribution in [2.75, 3.05) is 22.9 Å². The molecule has 0 atom stereocenters. The standard InChI is InChI=1S/C22H20BrN3O2S/c23-16-5-4-6-18(14-16)26-21(28)19(20(27)24-22(26)29)13-15-7-9-17(10-8-15)25-11-2-1-3-12-25/h4-10,13-14H,1-3,11-12H2,(H,24,27,29)/b19-13+. The Morgan fingerprint density at radius 1 is 0.966 bits per heavy atom. The summed E-state index contributed by atoms with van der Waals surface area (Å²) in [5.41, 5.74) is 2.62. The molecule has 0 saturated carbocycles. The third-order valence-corrected chi connectivity index (χ3v) is 5.87. The summed E-state index contributed by atoms with van der Waals surface area (Å²) in [5, 5.41) is 2.70. The van der Waals surface area contributed by atoms with Crippen LogP contribution in [0.1, 0.15) is 24.8 Å². The zero-order valence-corrected chi connectivity index (χ0v) is 18.1. The number of rotatable bonds is 3. The molecule has 5 nitrogen and oxygen atoms in total. The highest BCUT2D eigenvalue weighted by molar-refractivity contribution is 9.10. The van der Waals surface area contributed by atoms with Crippen LogP contribution in [-0.2, 0) is 9.59 Å². The summed E-state index contributed by atoms with van der Waals surface area (Å²) in [5.74, 6) is -0.914. The molecule has 2 aliphatic heterocycles. The minimum Gasteiger partial charge on any atom is -0.372 e. The van der Waals surface area contributed by atoms with Gasteiger partial charge in [0.15, 0.2) is 5.11 Å². The van der Waals surface area contributed by atoms with E-state index in [4.69, 9.17) is 12.2 Å². The first-order valence-corrected chi connectivity index (χ1v) is 10.7. The molecule has 29 heavy (non-hydrogen) atoms. The quantitative estimate of drug-likeness (QED) is 0.414. The van der Waals surface area contributed by atoms with Crippen molar-refractivity contribution in [3.05, 3.63) is 64.1 Å². The first-order valence-electron chi connectivity index (χ1n) is 9.55. The lowest BCUT2D eigenvalue weighted by molar-refractivity contribution is -0.122. The summed E-state index contributed by atoms with van der Waals surface area (Å²) in [7, 11) is 0. The molecule has 0 aliphatic carbocycles. The van der Waals surface area contributed by atoms with E-state index in [9.17, 15) is 9.59 Å². The second-order valence-electron chi connectivity index (χ2n) is 7.08. The van der Waals surface area contributed by atoms with Gasteiger partial charge in [0.1, 0.15) is 5.57 Å². The Morgan fingerprint density at radius 3 is 2.38 bits per heavy atom. The first kappa shape index (κ1) is 19.8. The van der Waals surface area contributed by atoms with Crippen LogP contribution in [0.15, 0.2) is 58.6 Å². The summed E-state index contributed by atoms with van der Waals surface area (Å²) in [4.78, 5) is 29.2. The Balaban J connectivity index is 1.60. The SMILES string of the molecule is O=C1NC(=S)N(c2cccc(Br)c2)C(=O)/C1=C/c1ccc(N2CCCCC2)cc1. The van der Waals surface area contributed by atoms with Crippen molar-refractivity contribution in [1.82, 2.24) is 5.32 Å². The molecular formula is C22H20BrN3O2S. The van der Waals surface area contributed by atoms with Gasteiger partial charge in [0.25, 0.3) is 11.8 Å². The van der Waals surface area contributed by atoms with Gasteiger partial charge < -0.3 is 4.90 Å². The van der Waals surface area contributed by atoms with Crippen LogP contribution in [0.5, 0.6) is 0 Å². The van der Waals surface area contributed by atoms with E-state index in [1.807, 2.05) is 36.4 Å². The highest BCUT2D eigenvalue weighted by atomic mass is 79.9. The largest absolute Gasteiger partial charge is 0.372 e. The minimum atomic E-state index is -0.480. The molecule has 0 radical (unpaired) electrons. The topological polar surface area (TPSA) is 52.7 Å². The number of halogens is 1. The van der Waals surface area contributed by atoms with Crippen LogP contribution in [0, 0.1) is 0 Å². The smallest absolute Gasteiger partial charge is 0.270 e. The van der Waals surface area contributed by atoms with Crippen LogP contribution in [-0.4, -0.2) is 30.0 Å². The van der Waals surface area contributed by atoms with E-state index in [2.05, 4.69) is 26.1 Å². The average molecular weight is 470 g/mol. The minimum absolute atomic E-state index is 0.0595.